The molecule has 0 radical (unpaired) electrons. The van der Waals surface area contributed by atoms with Gasteiger partial charge >= 0.3 is 0 Å². The van der Waals surface area contributed by atoms with E-state index in [1.165, 1.54) is 12.3 Å². The largest absolute Gasteiger partial charge is 0.454 e. The van der Waals surface area contributed by atoms with E-state index in [4.69, 9.17) is 32.7 Å². The van der Waals surface area contributed by atoms with Gasteiger partial charge in [-0.05, 0) is 42.0 Å². The number of rotatable bonds is 6. The van der Waals surface area contributed by atoms with Crippen molar-refractivity contribution in [1.82, 2.24) is 5.43 Å². The van der Waals surface area contributed by atoms with E-state index in [0.717, 1.165) is 5.56 Å². The molecule has 0 spiro atoms. The number of hydrogen-bond donors (Lipinski definition) is 2. The first kappa shape index (κ1) is 19.0. The van der Waals surface area contributed by atoms with E-state index in [9.17, 15) is 9.59 Å². The van der Waals surface area contributed by atoms with Crippen molar-refractivity contribution in [2.75, 3.05) is 12.1 Å². The Morgan fingerprint density at radius 2 is 1.81 bits per heavy atom. The van der Waals surface area contributed by atoms with Gasteiger partial charge in [-0.2, -0.15) is 5.10 Å². The van der Waals surface area contributed by atoms with Gasteiger partial charge < -0.3 is 14.8 Å². The summed E-state index contributed by atoms with van der Waals surface area (Å²) in [5, 5.41) is 7.29. The summed E-state index contributed by atoms with van der Waals surface area (Å²) in [6.07, 6.45) is 1.43. The molecule has 1 heterocycles. The Labute approximate surface area is 165 Å². The second-order valence-electron chi connectivity index (χ2n) is 5.58. The molecule has 0 aliphatic carbocycles. The van der Waals surface area contributed by atoms with Crippen LogP contribution in [0.5, 0.6) is 11.5 Å². The molecule has 0 saturated heterocycles. The van der Waals surface area contributed by atoms with Crippen molar-refractivity contribution in [3.8, 4) is 11.5 Å². The maximum absolute atomic E-state index is 11.9. The molecule has 0 unspecified atom stereocenters. The van der Waals surface area contributed by atoms with Crippen LogP contribution in [0.4, 0.5) is 5.69 Å². The monoisotopic (exact) mass is 407 g/mol. The Balaban J connectivity index is 1.44. The molecule has 9 heteroatoms. The van der Waals surface area contributed by atoms with Crippen LogP contribution in [0.25, 0.3) is 0 Å². The van der Waals surface area contributed by atoms with Crippen molar-refractivity contribution < 1.29 is 19.1 Å². The van der Waals surface area contributed by atoms with Crippen LogP contribution < -0.4 is 20.2 Å². The quantitative estimate of drug-likeness (QED) is 0.565. The second-order valence-corrected chi connectivity index (χ2v) is 6.42. The van der Waals surface area contributed by atoms with Gasteiger partial charge in [-0.1, -0.05) is 23.2 Å². The number of benzene rings is 2. The number of amides is 2. The van der Waals surface area contributed by atoms with Gasteiger partial charge in [0, 0.05) is 17.9 Å². The number of carbonyl (C=O) groups excluding carboxylic acids is 2. The lowest BCUT2D eigenvalue weighted by Gasteiger charge is -2.07. The van der Waals surface area contributed by atoms with Crippen molar-refractivity contribution in [1.29, 1.82) is 0 Å². The zero-order valence-electron chi connectivity index (χ0n) is 14.0. The van der Waals surface area contributed by atoms with Crippen molar-refractivity contribution >= 4 is 46.9 Å². The van der Waals surface area contributed by atoms with Gasteiger partial charge in [0.2, 0.25) is 18.6 Å². The Morgan fingerprint density at radius 1 is 1.04 bits per heavy atom. The summed E-state index contributed by atoms with van der Waals surface area (Å²) in [6.45, 7) is 0.190. The topological polar surface area (TPSA) is 89.0 Å². The minimum atomic E-state index is -0.390. The molecule has 27 heavy (non-hydrogen) atoms. The van der Waals surface area contributed by atoms with Crippen LogP contribution >= 0.6 is 23.2 Å². The van der Waals surface area contributed by atoms with Crippen LogP contribution in [0.3, 0.4) is 0 Å². The van der Waals surface area contributed by atoms with Crippen molar-refractivity contribution in [3.63, 3.8) is 0 Å². The highest BCUT2D eigenvalue weighted by Gasteiger charge is 2.12. The molecule has 140 valence electrons. The molecule has 0 atom stereocenters. The van der Waals surface area contributed by atoms with Crippen LogP contribution in [0, 0.1) is 0 Å². The molecular weight excluding hydrogens is 393 g/mol. The van der Waals surface area contributed by atoms with Crippen LogP contribution in [0.2, 0.25) is 10.0 Å². The lowest BCUT2D eigenvalue weighted by molar-refractivity contribution is -0.124. The van der Waals surface area contributed by atoms with E-state index in [-0.39, 0.29) is 31.4 Å². The molecule has 0 saturated carbocycles. The van der Waals surface area contributed by atoms with Gasteiger partial charge in [0.05, 0.1) is 16.9 Å². The smallest absolute Gasteiger partial charge is 0.240 e. The average molecular weight is 408 g/mol. The maximum Gasteiger partial charge on any atom is 0.240 e. The molecule has 0 bridgehead atoms. The Morgan fingerprint density at radius 3 is 2.67 bits per heavy atom. The van der Waals surface area contributed by atoms with Crippen molar-refractivity contribution in [2.45, 2.75) is 12.8 Å². The molecule has 2 aromatic carbocycles. The van der Waals surface area contributed by atoms with E-state index in [1.54, 1.807) is 30.3 Å². The molecule has 7 nitrogen and oxygen atoms in total. The second kappa shape index (κ2) is 8.75. The minimum absolute atomic E-state index is 0.0196. The predicted octanol–water partition coefficient (Wildman–Crippen LogP) is 3.59. The number of hydrogen-bond acceptors (Lipinski definition) is 5. The molecule has 2 amide bonds. The summed E-state index contributed by atoms with van der Waals surface area (Å²) in [4.78, 5) is 23.7. The summed E-state index contributed by atoms with van der Waals surface area (Å²) in [7, 11) is 0. The first-order chi connectivity index (χ1) is 13.0. The number of carbonyl (C=O) groups is 2. The summed E-state index contributed by atoms with van der Waals surface area (Å²) in [6, 6.07) is 10.0. The average Bonchev–Trinajstić information content (AvgIpc) is 3.11. The van der Waals surface area contributed by atoms with Gasteiger partial charge in [0.25, 0.3) is 0 Å². The summed E-state index contributed by atoms with van der Waals surface area (Å²) in [5.74, 6) is 0.553. The number of fused-ring (bicyclic) bond motifs is 1. The number of hydrazone groups is 1. The Hall–Kier alpha value is -2.77. The predicted molar refractivity (Wildman–Crippen MR) is 103 cm³/mol. The van der Waals surface area contributed by atoms with Gasteiger partial charge in [-0.15, -0.1) is 0 Å². The third-order valence-electron chi connectivity index (χ3n) is 3.58. The van der Waals surface area contributed by atoms with Crippen molar-refractivity contribution in [3.05, 3.63) is 52.0 Å². The molecule has 2 N–H and O–H groups in total. The fourth-order valence-electron chi connectivity index (χ4n) is 2.26. The zero-order valence-corrected chi connectivity index (χ0v) is 15.5. The molecule has 1 aliphatic rings. The number of nitrogens with zero attached hydrogens (tertiary/aromatic N) is 1. The number of anilines is 1. The lowest BCUT2D eigenvalue weighted by atomic mass is 10.2. The standard InChI is InChI=1S/C18H15Cl2N3O4/c19-12-2-3-13(20)14(8-12)22-17(24)5-6-18(25)23-21-9-11-1-4-15-16(7-11)27-10-26-15/h1-4,7-9H,5-6,10H2,(H,22,24)(H,23,25)/b21-9+. The zero-order chi connectivity index (χ0) is 19.2. The lowest BCUT2D eigenvalue weighted by Crippen LogP contribution is -2.20. The van der Waals surface area contributed by atoms with Gasteiger partial charge in [-0.25, -0.2) is 5.43 Å². The van der Waals surface area contributed by atoms with Crippen LogP contribution in [-0.2, 0) is 9.59 Å². The third-order valence-corrected chi connectivity index (χ3v) is 4.15. The Kier molecular flexibility index (Phi) is 6.16. The molecule has 0 aromatic heterocycles. The highest BCUT2D eigenvalue weighted by molar-refractivity contribution is 6.35. The first-order valence-corrected chi connectivity index (χ1v) is 8.73. The fraction of sp³-hybridized carbons (Fsp3) is 0.167. The molecule has 2 aromatic rings. The third kappa shape index (κ3) is 5.35. The summed E-state index contributed by atoms with van der Waals surface area (Å²) in [5.41, 5.74) is 3.51. The Bertz CT molecular complexity index is 902. The van der Waals surface area contributed by atoms with Gasteiger partial charge in [0.15, 0.2) is 11.5 Å². The van der Waals surface area contributed by atoms with E-state index in [1.807, 2.05) is 0 Å². The molecule has 1 aliphatic heterocycles. The minimum Gasteiger partial charge on any atom is -0.454 e. The summed E-state index contributed by atoms with van der Waals surface area (Å²) < 4.78 is 10.5. The van der Waals surface area contributed by atoms with Crippen molar-refractivity contribution in [2.24, 2.45) is 5.10 Å². The van der Waals surface area contributed by atoms with E-state index >= 15 is 0 Å². The molecular formula is C18H15Cl2N3O4. The van der Waals surface area contributed by atoms with Gasteiger partial charge in [-0.3, -0.25) is 9.59 Å². The van der Waals surface area contributed by atoms with E-state index in [0.29, 0.717) is 27.2 Å². The number of halogens is 2. The maximum atomic E-state index is 11.9. The van der Waals surface area contributed by atoms with Crippen LogP contribution in [-0.4, -0.2) is 24.8 Å². The normalized spacial score (nSPS) is 12.2. The van der Waals surface area contributed by atoms with Crippen LogP contribution in [0.15, 0.2) is 41.5 Å². The molecule has 0 fully saturated rings. The highest BCUT2D eigenvalue weighted by Crippen LogP contribution is 2.32. The fourth-order valence-corrected chi connectivity index (χ4v) is 2.60. The highest BCUT2D eigenvalue weighted by atomic mass is 35.5. The summed E-state index contributed by atoms with van der Waals surface area (Å²) >= 11 is 11.8. The van der Waals surface area contributed by atoms with Crippen LogP contribution in [0.1, 0.15) is 18.4 Å². The molecule has 3 rings (SSSR count). The SMILES string of the molecule is O=C(CCC(=O)Nc1cc(Cl)ccc1Cl)N/N=C/c1ccc2c(c1)OCO2. The number of nitrogens with one attached hydrogen (secondary N) is 2. The van der Waals surface area contributed by atoms with E-state index in [2.05, 4.69) is 15.8 Å². The number of ether oxygens (including phenoxy) is 2. The first-order valence-electron chi connectivity index (χ1n) is 7.98. The van der Waals surface area contributed by atoms with E-state index < -0.39 is 0 Å². The van der Waals surface area contributed by atoms with Gasteiger partial charge in [0.1, 0.15) is 0 Å².